The fourth-order valence-electron chi connectivity index (χ4n) is 4.89. The van der Waals surface area contributed by atoms with Crippen molar-refractivity contribution < 1.29 is 22.7 Å². The largest absolute Gasteiger partial charge is 0.452 e. The van der Waals surface area contributed by atoms with E-state index >= 15 is 0 Å². The van der Waals surface area contributed by atoms with E-state index in [0.29, 0.717) is 6.54 Å². The first-order valence-electron chi connectivity index (χ1n) is 9.45. The van der Waals surface area contributed by atoms with Gasteiger partial charge in [0.1, 0.15) is 0 Å². The Morgan fingerprint density at radius 1 is 1.25 bits per heavy atom. The quantitative estimate of drug-likeness (QED) is 0.754. The van der Waals surface area contributed by atoms with E-state index in [0.717, 1.165) is 19.3 Å². The Morgan fingerprint density at radius 2 is 1.96 bits per heavy atom. The summed E-state index contributed by atoms with van der Waals surface area (Å²) >= 11 is 0. The van der Waals surface area contributed by atoms with Crippen LogP contribution >= 0.6 is 0 Å². The fourth-order valence-corrected chi connectivity index (χ4v) is 6.72. The van der Waals surface area contributed by atoms with Gasteiger partial charge in [0.25, 0.3) is 5.91 Å². The number of hydrogen-bond donors (Lipinski definition) is 1. The Labute approximate surface area is 166 Å². The van der Waals surface area contributed by atoms with Crippen LogP contribution in [0.4, 0.5) is 0 Å². The summed E-state index contributed by atoms with van der Waals surface area (Å²) in [4.78, 5) is 23.5. The molecule has 1 heterocycles. The van der Waals surface area contributed by atoms with Crippen LogP contribution in [-0.4, -0.2) is 50.8 Å². The highest BCUT2D eigenvalue weighted by Crippen LogP contribution is 2.53. The molecule has 0 aromatic heterocycles. The Hall–Kier alpha value is -1.93. The molecule has 2 bridgehead atoms. The lowest BCUT2D eigenvalue weighted by Crippen LogP contribution is -2.37. The lowest BCUT2D eigenvalue weighted by atomic mass is 9.65. The summed E-state index contributed by atoms with van der Waals surface area (Å²) in [6.07, 6.45) is 2.69. The third kappa shape index (κ3) is 4.07. The van der Waals surface area contributed by atoms with Gasteiger partial charge in [0.2, 0.25) is 10.0 Å². The Bertz CT molecular complexity index is 896. The molecule has 1 saturated heterocycles. The number of ether oxygens (including phenoxy) is 1. The summed E-state index contributed by atoms with van der Waals surface area (Å²) in [5, 5.41) is 2.36. The number of nitrogens with zero attached hydrogens (tertiary/aromatic N) is 1. The molecule has 2 fully saturated rings. The predicted octanol–water partition coefficient (Wildman–Crippen LogP) is 2.18. The number of fused-ring (bicyclic) bond motifs is 2. The number of sulfonamides is 1. The van der Waals surface area contributed by atoms with Crippen LogP contribution in [0.1, 0.15) is 50.4 Å². The number of esters is 1. The average Bonchev–Trinajstić information content (AvgIpc) is 2.88. The van der Waals surface area contributed by atoms with Crippen molar-refractivity contribution in [2.24, 2.45) is 10.8 Å². The summed E-state index contributed by atoms with van der Waals surface area (Å²) in [5.74, 6) is -1.16. The van der Waals surface area contributed by atoms with Gasteiger partial charge in [-0.3, -0.25) is 4.79 Å². The van der Waals surface area contributed by atoms with Gasteiger partial charge < -0.3 is 10.1 Å². The second-order valence-electron chi connectivity index (χ2n) is 9.04. The van der Waals surface area contributed by atoms with Crippen LogP contribution in [0.25, 0.3) is 0 Å². The first-order chi connectivity index (χ1) is 13.0. The number of nitrogens with one attached hydrogen (secondary N) is 1. The van der Waals surface area contributed by atoms with Crippen molar-refractivity contribution in [3.05, 3.63) is 29.8 Å². The number of hydrogen-bond acceptors (Lipinski definition) is 5. The average molecular weight is 409 g/mol. The van der Waals surface area contributed by atoms with E-state index < -0.39 is 28.5 Å². The van der Waals surface area contributed by atoms with Gasteiger partial charge in [0, 0.05) is 19.6 Å². The SMILES string of the molecule is CNC(=O)COC(=O)c1cccc(S(=O)(=O)N2CC3(C)CC2CC(C)(C)C3)c1. The maximum Gasteiger partial charge on any atom is 0.338 e. The fraction of sp³-hybridized carbons (Fsp3) is 0.600. The van der Waals surface area contributed by atoms with Crippen molar-refractivity contribution in [2.45, 2.75) is 51.0 Å². The van der Waals surface area contributed by atoms with Crippen molar-refractivity contribution in [3.63, 3.8) is 0 Å². The molecular formula is C20H28N2O5S. The van der Waals surface area contributed by atoms with Crippen molar-refractivity contribution in [2.75, 3.05) is 20.2 Å². The minimum Gasteiger partial charge on any atom is -0.452 e. The summed E-state index contributed by atoms with van der Waals surface area (Å²) in [5.41, 5.74) is 0.190. The third-order valence-corrected chi connectivity index (χ3v) is 7.55. The van der Waals surface area contributed by atoms with E-state index in [9.17, 15) is 18.0 Å². The Morgan fingerprint density at radius 3 is 2.64 bits per heavy atom. The van der Waals surface area contributed by atoms with Gasteiger partial charge in [-0.1, -0.05) is 26.8 Å². The van der Waals surface area contributed by atoms with Gasteiger partial charge in [0.15, 0.2) is 6.61 Å². The zero-order valence-corrected chi connectivity index (χ0v) is 17.6. The normalized spacial score (nSPS) is 26.6. The van der Waals surface area contributed by atoms with E-state index in [1.807, 2.05) is 0 Å². The smallest absolute Gasteiger partial charge is 0.338 e. The minimum atomic E-state index is -3.73. The lowest BCUT2D eigenvalue weighted by Gasteiger charge is -2.39. The zero-order valence-electron chi connectivity index (χ0n) is 16.8. The van der Waals surface area contributed by atoms with Crippen molar-refractivity contribution >= 4 is 21.9 Å². The molecule has 0 spiro atoms. The molecular weight excluding hydrogens is 380 g/mol. The first kappa shape index (κ1) is 20.8. The Kier molecular flexibility index (Phi) is 5.31. The molecule has 0 radical (unpaired) electrons. The molecule has 2 aliphatic rings. The van der Waals surface area contributed by atoms with E-state index in [1.54, 1.807) is 4.31 Å². The maximum atomic E-state index is 13.3. The lowest BCUT2D eigenvalue weighted by molar-refractivity contribution is -0.123. The van der Waals surface area contributed by atoms with Crippen LogP contribution in [0.2, 0.25) is 0 Å². The number of benzene rings is 1. The molecule has 2 atom stereocenters. The van der Waals surface area contributed by atoms with Crippen LogP contribution in [0.15, 0.2) is 29.2 Å². The van der Waals surface area contributed by atoms with Crippen LogP contribution in [0.5, 0.6) is 0 Å². The standard InChI is InChI=1S/C20H28N2O5S/c1-19(2)9-15-10-20(3,12-19)13-22(15)28(25,26)16-7-5-6-14(8-16)18(24)27-11-17(23)21-4/h5-8,15H,9-13H2,1-4H3,(H,21,23). The van der Waals surface area contributed by atoms with Gasteiger partial charge in [0.05, 0.1) is 10.5 Å². The monoisotopic (exact) mass is 408 g/mol. The highest BCUT2D eigenvalue weighted by Gasteiger charge is 2.53. The molecule has 1 aromatic carbocycles. The summed E-state index contributed by atoms with van der Waals surface area (Å²) < 4.78 is 33.2. The molecule has 3 rings (SSSR count). The highest BCUT2D eigenvalue weighted by atomic mass is 32.2. The van der Waals surface area contributed by atoms with Crippen molar-refractivity contribution in [3.8, 4) is 0 Å². The summed E-state index contributed by atoms with van der Waals surface area (Å²) in [6.45, 7) is 6.62. The van der Waals surface area contributed by atoms with Crippen molar-refractivity contribution in [1.82, 2.24) is 9.62 Å². The highest BCUT2D eigenvalue weighted by molar-refractivity contribution is 7.89. The van der Waals surface area contributed by atoms with Gasteiger partial charge in [-0.2, -0.15) is 4.31 Å². The molecule has 1 N–H and O–H groups in total. The number of rotatable bonds is 5. The van der Waals surface area contributed by atoms with Gasteiger partial charge in [-0.25, -0.2) is 13.2 Å². The van der Waals surface area contributed by atoms with E-state index in [4.69, 9.17) is 4.74 Å². The molecule has 1 saturated carbocycles. The number of amides is 1. The number of likely N-dealkylation sites (N-methyl/N-ethyl adjacent to an activating group) is 1. The summed E-state index contributed by atoms with van der Waals surface area (Å²) in [6, 6.07) is 5.82. The van der Waals surface area contributed by atoms with Crippen molar-refractivity contribution in [1.29, 1.82) is 0 Å². The van der Waals surface area contributed by atoms with Crippen LogP contribution in [0.3, 0.4) is 0 Å². The minimum absolute atomic E-state index is 0.0243. The predicted molar refractivity (Wildman–Crippen MR) is 104 cm³/mol. The van der Waals surface area contributed by atoms with E-state index in [1.165, 1.54) is 31.3 Å². The van der Waals surface area contributed by atoms with Gasteiger partial charge in [-0.15, -0.1) is 0 Å². The molecule has 7 nitrogen and oxygen atoms in total. The van der Waals surface area contributed by atoms with Crippen LogP contribution in [-0.2, 0) is 19.6 Å². The van der Waals surface area contributed by atoms with E-state index in [-0.39, 0.29) is 27.3 Å². The third-order valence-electron chi connectivity index (χ3n) is 5.66. The molecule has 154 valence electrons. The molecule has 1 aliphatic carbocycles. The molecule has 1 aliphatic heterocycles. The Balaban J connectivity index is 1.83. The molecule has 28 heavy (non-hydrogen) atoms. The van der Waals surface area contributed by atoms with Gasteiger partial charge in [-0.05, 0) is 48.3 Å². The van der Waals surface area contributed by atoms with Gasteiger partial charge >= 0.3 is 5.97 Å². The number of carbonyl (C=O) groups is 2. The zero-order chi connectivity index (χ0) is 20.7. The molecule has 2 unspecified atom stereocenters. The second kappa shape index (κ2) is 7.15. The van der Waals surface area contributed by atoms with E-state index in [2.05, 4.69) is 26.1 Å². The number of carbonyl (C=O) groups excluding carboxylic acids is 2. The molecule has 8 heteroatoms. The first-order valence-corrected chi connectivity index (χ1v) is 10.9. The summed E-state index contributed by atoms with van der Waals surface area (Å²) in [7, 11) is -2.28. The molecule has 1 aromatic rings. The molecule has 1 amide bonds. The maximum absolute atomic E-state index is 13.3. The van der Waals surface area contributed by atoms with Crippen LogP contribution < -0.4 is 5.32 Å². The van der Waals surface area contributed by atoms with Crippen LogP contribution in [0, 0.1) is 10.8 Å². The second-order valence-corrected chi connectivity index (χ2v) is 10.9. The topological polar surface area (TPSA) is 92.8 Å².